The van der Waals surface area contributed by atoms with Gasteiger partial charge in [0.1, 0.15) is 0 Å². The van der Waals surface area contributed by atoms with Gasteiger partial charge in [-0.2, -0.15) is 0 Å². The average molecular weight is 262 g/mol. The van der Waals surface area contributed by atoms with Crippen molar-refractivity contribution >= 4 is 5.91 Å². The van der Waals surface area contributed by atoms with Gasteiger partial charge in [0.2, 0.25) is 5.91 Å². The molecule has 0 bridgehead atoms. The van der Waals surface area contributed by atoms with E-state index in [4.69, 9.17) is 0 Å². The summed E-state index contributed by atoms with van der Waals surface area (Å²) >= 11 is 0. The summed E-state index contributed by atoms with van der Waals surface area (Å²) in [6.45, 7) is 2.30. The van der Waals surface area contributed by atoms with E-state index < -0.39 is 12.0 Å². The molecule has 2 aliphatic heterocycles. The Morgan fingerprint density at radius 1 is 1.39 bits per heavy atom. The summed E-state index contributed by atoms with van der Waals surface area (Å²) in [4.78, 5) is 14.7. The van der Waals surface area contributed by atoms with Crippen LogP contribution in [0.5, 0.6) is 0 Å². The molecule has 2 aliphatic rings. The van der Waals surface area contributed by atoms with Crippen LogP contribution in [0.15, 0.2) is 0 Å². The largest absolute Gasteiger partial charge is 0.395 e. The van der Waals surface area contributed by atoms with Crippen LogP contribution < -0.4 is 0 Å². The van der Waals surface area contributed by atoms with E-state index >= 15 is 0 Å². The Labute approximate surface area is 106 Å². The van der Waals surface area contributed by atoms with E-state index in [1.807, 2.05) is 0 Å². The van der Waals surface area contributed by atoms with Gasteiger partial charge in [-0.3, -0.25) is 9.69 Å². The van der Waals surface area contributed by atoms with Crippen LogP contribution >= 0.6 is 0 Å². The highest BCUT2D eigenvalue weighted by Crippen LogP contribution is 2.35. The van der Waals surface area contributed by atoms with Gasteiger partial charge in [-0.1, -0.05) is 0 Å². The molecule has 0 saturated carbocycles. The summed E-state index contributed by atoms with van der Waals surface area (Å²) in [7, 11) is 0. The lowest BCUT2D eigenvalue weighted by molar-refractivity contribution is -0.130. The number of nitrogens with zero attached hydrogens (tertiary/aromatic N) is 2. The van der Waals surface area contributed by atoms with Crippen molar-refractivity contribution in [3.05, 3.63) is 0 Å². The lowest BCUT2D eigenvalue weighted by atomic mass is 10.0. The molecule has 0 spiro atoms. The zero-order chi connectivity index (χ0) is 13.3. The Bertz CT molecular complexity index is 317. The first-order valence-electron chi connectivity index (χ1n) is 6.43. The number of hydrogen-bond donors (Lipinski definition) is 1. The van der Waals surface area contributed by atoms with Gasteiger partial charge in [-0.05, 0) is 12.8 Å². The Hall–Kier alpha value is -0.750. The molecule has 0 aromatic heterocycles. The normalized spacial score (nSPS) is 29.8. The highest BCUT2D eigenvalue weighted by atomic mass is 19.3. The number of hydrogen-bond acceptors (Lipinski definition) is 3. The molecule has 0 unspecified atom stereocenters. The molecule has 1 atom stereocenters. The first-order valence-corrected chi connectivity index (χ1v) is 6.43. The van der Waals surface area contributed by atoms with Crippen molar-refractivity contribution < 1.29 is 18.7 Å². The fourth-order valence-corrected chi connectivity index (χ4v) is 3.03. The summed E-state index contributed by atoms with van der Waals surface area (Å²) in [6.07, 6.45) is 1.18. The number of halogens is 2. The molecule has 1 amide bonds. The smallest absolute Gasteiger partial charge is 0.262 e. The number of piperidine rings is 1. The maximum atomic E-state index is 13.4. The maximum absolute atomic E-state index is 13.4. The Morgan fingerprint density at radius 2 is 2.00 bits per heavy atom. The van der Waals surface area contributed by atoms with E-state index in [0.717, 1.165) is 0 Å². The van der Waals surface area contributed by atoms with Crippen molar-refractivity contribution in [2.75, 3.05) is 26.2 Å². The summed E-state index contributed by atoms with van der Waals surface area (Å²) in [5.74, 6) is -2.65. The number of amides is 1. The van der Waals surface area contributed by atoms with Crippen molar-refractivity contribution in [1.29, 1.82) is 0 Å². The molecule has 4 nitrogen and oxygen atoms in total. The number of carbonyl (C=O) groups is 1. The number of alkyl halides is 2. The second-order valence-corrected chi connectivity index (χ2v) is 5.31. The Balaban J connectivity index is 1.95. The van der Waals surface area contributed by atoms with Gasteiger partial charge in [0.15, 0.2) is 0 Å². The highest BCUT2D eigenvalue weighted by Gasteiger charge is 2.47. The van der Waals surface area contributed by atoms with Crippen molar-refractivity contribution in [1.82, 2.24) is 9.80 Å². The average Bonchev–Trinajstić information content (AvgIpc) is 2.65. The van der Waals surface area contributed by atoms with Crippen LogP contribution in [0.3, 0.4) is 0 Å². The van der Waals surface area contributed by atoms with Gasteiger partial charge >= 0.3 is 0 Å². The highest BCUT2D eigenvalue weighted by molar-refractivity contribution is 5.73. The molecule has 0 radical (unpaired) electrons. The number of likely N-dealkylation sites (tertiary alicyclic amines) is 2. The van der Waals surface area contributed by atoms with Crippen LogP contribution in [0, 0.1) is 0 Å². The number of aliphatic hydroxyl groups excluding tert-OH is 1. The zero-order valence-corrected chi connectivity index (χ0v) is 10.6. The number of carbonyl (C=O) groups excluding carboxylic acids is 1. The van der Waals surface area contributed by atoms with E-state index in [0.29, 0.717) is 25.9 Å². The van der Waals surface area contributed by atoms with Crippen molar-refractivity contribution in [2.24, 2.45) is 0 Å². The number of aliphatic hydroxyl groups is 1. The fraction of sp³-hybridized carbons (Fsp3) is 0.917. The molecule has 0 aliphatic carbocycles. The predicted molar refractivity (Wildman–Crippen MR) is 62.4 cm³/mol. The second kappa shape index (κ2) is 5.09. The fourth-order valence-electron chi connectivity index (χ4n) is 3.03. The molecule has 0 aromatic rings. The molecule has 2 rings (SSSR count). The molecular weight excluding hydrogens is 242 g/mol. The summed E-state index contributed by atoms with van der Waals surface area (Å²) in [5.41, 5.74) is 0. The quantitative estimate of drug-likeness (QED) is 0.796. The van der Waals surface area contributed by atoms with Crippen molar-refractivity contribution in [2.45, 2.75) is 44.2 Å². The minimum Gasteiger partial charge on any atom is -0.395 e. The molecule has 2 fully saturated rings. The topological polar surface area (TPSA) is 43.8 Å². The zero-order valence-electron chi connectivity index (χ0n) is 10.6. The van der Waals surface area contributed by atoms with Crippen LogP contribution in [-0.4, -0.2) is 65.1 Å². The third-order valence-electron chi connectivity index (χ3n) is 4.01. The third kappa shape index (κ3) is 2.80. The van der Waals surface area contributed by atoms with E-state index in [-0.39, 0.29) is 31.5 Å². The van der Waals surface area contributed by atoms with Crippen molar-refractivity contribution in [3.63, 3.8) is 0 Å². The van der Waals surface area contributed by atoms with Crippen LogP contribution in [0.4, 0.5) is 8.78 Å². The van der Waals surface area contributed by atoms with E-state index in [9.17, 15) is 18.7 Å². The van der Waals surface area contributed by atoms with Gasteiger partial charge < -0.3 is 10.0 Å². The summed E-state index contributed by atoms with van der Waals surface area (Å²) in [5, 5.41) is 9.20. The molecule has 1 N–H and O–H groups in total. The molecule has 104 valence electrons. The first kappa shape index (κ1) is 13.7. The van der Waals surface area contributed by atoms with E-state index in [1.54, 1.807) is 9.80 Å². The molecule has 2 heterocycles. The molecule has 6 heteroatoms. The minimum absolute atomic E-state index is 0.0407. The SMILES string of the molecule is CC(=O)N1CCC(N2CC(F)(F)C[C@H]2CO)CC1. The van der Waals surface area contributed by atoms with Gasteiger partial charge in [0.05, 0.1) is 13.2 Å². The van der Waals surface area contributed by atoms with Gasteiger partial charge in [-0.15, -0.1) is 0 Å². The summed E-state index contributed by atoms with van der Waals surface area (Å²) < 4.78 is 26.7. The lowest BCUT2D eigenvalue weighted by Crippen LogP contribution is -2.49. The van der Waals surface area contributed by atoms with Crippen LogP contribution in [0.2, 0.25) is 0 Å². The van der Waals surface area contributed by atoms with Crippen LogP contribution in [0.1, 0.15) is 26.2 Å². The predicted octanol–water partition coefficient (Wildman–Crippen LogP) is 0.699. The van der Waals surface area contributed by atoms with Crippen LogP contribution in [-0.2, 0) is 4.79 Å². The number of rotatable bonds is 2. The van der Waals surface area contributed by atoms with E-state index in [1.165, 1.54) is 6.92 Å². The minimum atomic E-state index is -2.69. The molecular formula is C12H20F2N2O2. The Kier molecular flexibility index (Phi) is 3.87. The monoisotopic (exact) mass is 262 g/mol. The van der Waals surface area contributed by atoms with E-state index in [2.05, 4.69) is 0 Å². The van der Waals surface area contributed by atoms with Crippen LogP contribution in [0.25, 0.3) is 0 Å². The lowest BCUT2D eigenvalue weighted by Gasteiger charge is -2.38. The molecule has 18 heavy (non-hydrogen) atoms. The first-order chi connectivity index (χ1) is 8.43. The standard InChI is InChI=1S/C12H20F2N2O2/c1-9(18)15-4-2-10(3-5-15)16-8-12(13,14)6-11(16)7-17/h10-11,17H,2-8H2,1H3/t11-/m0/s1. The van der Waals surface area contributed by atoms with Gasteiger partial charge in [0, 0.05) is 38.5 Å². The van der Waals surface area contributed by atoms with Crippen molar-refractivity contribution in [3.8, 4) is 0 Å². The van der Waals surface area contributed by atoms with Gasteiger partial charge in [-0.25, -0.2) is 8.78 Å². The third-order valence-corrected chi connectivity index (χ3v) is 4.01. The second-order valence-electron chi connectivity index (χ2n) is 5.31. The summed E-state index contributed by atoms with van der Waals surface area (Å²) in [6, 6.07) is -0.375. The Morgan fingerprint density at radius 3 is 2.50 bits per heavy atom. The van der Waals surface area contributed by atoms with Gasteiger partial charge in [0.25, 0.3) is 5.92 Å². The maximum Gasteiger partial charge on any atom is 0.262 e. The molecule has 2 saturated heterocycles. The molecule has 0 aromatic carbocycles.